The molecule has 2 aromatic rings. The highest BCUT2D eigenvalue weighted by Gasteiger charge is 2.37. The maximum Gasteiger partial charge on any atom is 0.231 e. The van der Waals surface area contributed by atoms with E-state index in [9.17, 15) is 10.2 Å². The van der Waals surface area contributed by atoms with Gasteiger partial charge in [0.25, 0.3) is 0 Å². The first-order valence-corrected chi connectivity index (χ1v) is 9.58. The smallest absolute Gasteiger partial charge is 0.231 e. The van der Waals surface area contributed by atoms with Crippen LogP contribution in [0.25, 0.3) is 11.1 Å². The summed E-state index contributed by atoms with van der Waals surface area (Å²) in [7, 11) is 4.59. The summed E-state index contributed by atoms with van der Waals surface area (Å²) in [6.07, 6.45) is -0.138. The van der Waals surface area contributed by atoms with Crippen LogP contribution in [0, 0.1) is 11.8 Å². The first-order valence-electron chi connectivity index (χ1n) is 9.58. The van der Waals surface area contributed by atoms with E-state index in [1.165, 1.54) is 21.3 Å². The van der Waals surface area contributed by atoms with Crippen LogP contribution in [-0.4, -0.2) is 38.3 Å². The summed E-state index contributed by atoms with van der Waals surface area (Å²) in [5, 5.41) is 22.4. The van der Waals surface area contributed by atoms with E-state index in [4.69, 9.17) is 23.7 Å². The number of aliphatic hydroxyl groups is 1. The monoisotopic (exact) mass is 402 g/mol. The van der Waals surface area contributed by atoms with Gasteiger partial charge in [-0.05, 0) is 41.5 Å². The first-order chi connectivity index (χ1) is 13.9. The third-order valence-corrected chi connectivity index (χ3v) is 6.09. The molecule has 4 rings (SSSR count). The number of aromatic hydroxyl groups is 1. The van der Waals surface area contributed by atoms with Gasteiger partial charge in [-0.1, -0.05) is 13.8 Å². The summed E-state index contributed by atoms with van der Waals surface area (Å²) < 4.78 is 27.8. The molecule has 0 radical (unpaired) electrons. The van der Waals surface area contributed by atoms with Crippen molar-refractivity contribution in [2.75, 3.05) is 28.1 Å². The standard InChI is InChI=1S/C22H26O7/c1-10-6-12-7-15-20(29-9-28-15)19(24)16(12)17-13(18(23)11(10)2)8-14(25-3)21(26-4)22(17)27-5/h7-8,10-11,18,23-24H,6,9H2,1-5H3/t10-,11-,18-/m0/s1. The van der Waals surface area contributed by atoms with E-state index in [0.29, 0.717) is 51.9 Å². The highest BCUT2D eigenvalue weighted by molar-refractivity contribution is 5.88. The number of benzene rings is 2. The molecule has 1 aliphatic carbocycles. The van der Waals surface area contributed by atoms with Crippen LogP contribution in [0.3, 0.4) is 0 Å². The van der Waals surface area contributed by atoms with Gasteiger partial charge in [0.1, 0.15) is 0 Å². The first kappa shape index (κ1) is 19.5. The quantitative estimate of drug-likeness (QED) is 0.810. The zero-order valence-electron chi connectivity index (χ0n) is 17.2. The number of rotatable bonds is 3. The minimum atomic E-state index is -0.785. The van der Waals surface area contributed by atoms with E-state index in [-0.39, 0.29) is 24.4 Å². The van der Waals surface area contributed by atoms with Crippen LogP contribution in [-0.2, 0) is 6.42 Å². The number of hydrogen-bond acceptors (Lipinski definition) is 7. The molecule has 7 nitrogen and oxygen atoms in total. The van der Waals surface area contributed by atoms with Crippen LogP contribution in [0.1, 0.15) is 31.1 Å². The fourth-order valence-corrected chi connectivity index (χ4v) is 4.31. The molecule has 0 saturated heterocycles. The van der Waals surface area contributed by atoms with Crippen molar-refractivity contribution in [3.8, 4) is 45.6 Å². The molecule has 0 spiro atoms. The average Bonchev–Trinajstić information content (AvgIpc) is 3.19. The lowest BCUT2D eigenvalue weighted by Gasteiger charge is -2.33. The molecule has 2 aliphatic rings. The van der Waals surface area contributed by atoms with Gasteiger partial charge in [-0.15, -0.1) is 0 Å². The topological polar surface area (TPSA) is 86.6 Å². The summed E-state index contributed by atoms with van der Waals surface area (Å²) in [6, 6.07) is 3.65. The molecule has 1 heterocycles. The van der Waals surface area contributed by atoms with Crippen molar-refractivity contribution in [2.24, 2.45) is 11.8 Å². The highest BCUT2D eigenvalue weighted by Crippen LogP contribution is 2.57. The van der Waals surface area contributed by atoms with E-state index in [2.05, 4.69) is 6.92 Å². The van der Waals surface area contributed by atoms with Crippen molar-refractivity contribution in [3.05, 3.63) is 23.3 Å². The van der Waals surface area contributed by atoms with Gasteiger partial charge in [-0.3, -0.25) is 0 Å². The number of aliphatic hydroxyl groups excluding tert-OH is 1. The average molecular weight is 402 g/mol. The molecule has 2 aromatic carbocycles. The van der Waals surface area contributed by atoms with Gasteiger partial charge >= 0.3 is 0 Å². The Morgan fingerprint density at radius 3 is 2.34 bits per heavy atom. The highest BCUT2D eigenvalue weighted by atomic mass is 16.7. The Balaban J connectivity index is 2.14. The molecule has 7 heteroatoms. The van der Waals surface area contributed by atoms with E-state index in [1.54, 1.807) is 6.07 Å². The maximum atomic E-state index is 11.2. The van der Waals surface area contributed by atoms with Crippen molar-refractivity contribution in [2.45, 2.75) is 26.4 Å². The van der Waals surface area contributed by atoms with E-state index >= 15 is 0 Å². The lowest BCUT2D eigenvalue weighted by atomic mass is 9.76. The van der Waals surface area contributed by atoms with Crippen molar-refractivity contribution in [3.63, 3.8) is 0 Å². The lowest BCUT2D eigenvalue weighted by molar-refractivity contribution is 0.0863. The van der Waals surface area contributed by atoms with Crippen LogP contribution in [0.2, 0.25) is 0 Å². The minimum Gasteiger partial charge on any atom is -0.504 e. The SMILES string of the molecule is COc1cc2c(c(OC)c1OC)-c1c(cc3c(c1O)OCO3)C[C@H](C)[C@H](C)[C@@H]2O. The second-order valence-electron chi connectivity index (χ2n) is 7.59. The van der Waals surface area contributed by atoms with Gasteiger partial charge in [0.05, 0.1) is 27.4 Å². The van der Waals surface area contributed by atoms with Gasteiger partial charge in [0, 0.05) is 11.1 Å². The van der Waals surface area contributed by atoms with Crippen molar-refractivity contribution < 1.29 is 33.9 Å². The van der Waals surface area contributed by atoms with Crippen LogP contribution < -0.4 is 23.7 Å². The normalized spacial score (nSPS) is 22.2. The molecule has 0 aromatic heterocycles. The third kappa shape index (κ3) is 2.83. The molecule has 156 valence electrons. The number of phenolic OH excluding ortho intramolecular Hbond substituents is 1. The molecular weight excluding hydrogens is 376 g/mol. The van der Waals surface area contributed by atoms with Gasteiger partial charge in [0.15, 0.2) is 23.0 Å². The Hall–Kier alpha value is -2.80. The predicted molar refractivity (Wildman–Crippen MR) is 106 cm³/mol. The Bertz CT molecular complexity index is 953. The predicted octanol–water partition coefficient (Wildman–Crippen LogP) is 3.68. The van der Waals surface area contributed by atoms with E-state index in [1.807, 2.05) is 13.0 Å². The number of ether oxygens (including phenoxy) is 5. The molecule has 0 saturated carbocycles. The summed E-state index contributed by atoms with van der Waals surface area (Å²) in [6.45, 7) is 4.15. The molecule has 0 amide bonds. The Morgan fingerprint density at radius 1 is 0.966 bits per heavy atom. The zero-order chi connectivity index (χ0) is 20.9. The maximum absolute atomic E-state index is 11.2. The van der Waals surface area contributed by atoms with Crippen molar-refractivity contribution >= 4 is 0 Å². The Kier molecular flexibility index (Phi) is 4.86. The molecule has 0 unspecified atom stereocenters. The fourth-order valence-electron chi connectivity index (χ4n) is 4.31. The summed E-state index contributed by atoms with van der Waals surface area (Å²) >= 11 is 0. The Labute approximate surface area is 169 Å². The number of hydrogen-bond donors (Lipinski definition) is 2. The largest absolute Gasteiger partial charge is 0.504 e. The molecule has 3 atom stereocenters. The molecule has 29 heavy (non-hydrogen) atoms. The van der Waals surface area contributed by atoms with Gasteiger partial charge in [-0.2, -0.15) is 0 Å². The zero-order valence-corrected chi connectivity index (χ0v) is 17.2. The number of fused-ring (bicyclic) bond motifs is 4. The number of methoxy groups -OCH3 is 3. The molecular formula is C22H26O7. The lowest BCUT2D eigenvalue weighted by Crippen LogP contribution is -2.22. The molecule has 2 N–H and O–H groups in total. The second kappa shape index (κ2) is 7.22. The molecule has 0 fully saturated rings. The third-order valence-electron chi connectivity index (χ3n) is 6.09. The second-order valence-corrected chi connectivity index (χ2v) is 7.59. The minimum absolute atomic E-state index is 0.0317. The molecule has 0 bridgehead atoms. The van der Waals surface area contributed by atoms with Crippen LogP contribution in [0.15, 0.2) is 12.1 Å². The van der Waals surface area contributed by atoms with E-state index < -0.39 is 6.10 Å². The summed E-state index contributed by atoms with van der Waals surface area (Å²) in [5.74, 6) is 2.11. The van der Waals surface area contributed by atoms with Crippen LogP contribution in [0.5, 0.6) is 34.5 Å². The Morgan fingerprint density at radius 2 is 1.69 bits per heavy atom. The van der Waals surface area contributed by atoms with Gasteiger partial charge in [-0.25, -0.2) is 0 Å². The van der Waals surface area contributed by atoms with Crippen molar-refractivity contribution in [1.82, 2.24) is 0 Å². The fraction of sp³-hybridized carbons (Fsp3) is 0.455. The number of phenols is 1. The van der Waals surface area contributed by atoms with Crippen LogP contribution >= 0.6 is 0 Å². The molecule has 1 aliphatic heterocycles. The van der Waals surface area contributed by atoms with Gasteiger partial charge in [0.2, 0.25) is 18.3 Å². The summed E-state index contributed by atoms with van der Waals surface area (Å²) in [4.78, 5) is 0. The van der Waals surface area contributed by atoms with Crippen molar-refractivity contribution in [1.29, 1.82) is 0 Å². The van der Waals surface area contributed by atoms with Crippen LogP contribution in [0.4, 0.5) is 0 Å². The summed E-state index contributed by atoms with van der Waals surface area (Å²) in [5.41, 5.74) is 2.63. The van der Waals surface area contributed by atoms with E-state index in [0.717, 1.165) is 5.56 Å². The van der Waals surface area contributed by atoms with Gasteiger partial charge < -0.3 is 33.9 Å².